The van der Waals surface area contributed by atoms with E-state index in [1.807, 2.05) is 13.8 Å². The third-order valence-electron chi connectivity index (χ3n) is 2.71. The number of ether oxygens (including phenoxy) is 2. The Balaban J connectivity index is 2.82. The lowest BCUT2D eigenvalue weighted by atomic mass is 10.2. The number of nitrogens with one attached hydrogen (secondary N) is 1. The molecule has 0 radical (unpaired) electrons. The number of likely N-dealkylation sites (N-methyl/N-ethyl adjacent to an activating group) is 1. The van der Waals surface area contributed by atoms with Crippen molar-refractivity contribution >= 4 is 5.91 Å². The number of rotatable bonds is 8. The Morgan fingerprint density at radius 1 is 1.40 bits per heavy atom. The molecular weight excluding hydrogens is 258 g/mol. The highest BCUT2D eigenvalue weighted by molar-refractivity contribution is 5.80. The molecule has 1 rings (SSSR count). The lowest BCUT2D eigenvalue weighted by molar-refractivity contribution is -0.127. The van der Waals surface area contributed by atoms with Crippen LogP contribution in [-0.4, -0.2) is 30.3 Å². The van der Waals surface area contributed by atoms with Crippen molar-refractivity contribution in [1.82, 2.24) is 5.32 Å². The van der Waals surface area contributed by atoms with Crippen LogP contribution in [0.15, 0.2) is 18.2 Å². The molecule has 0 saturated carbocycles. The minimum absolute atomic E-state index is 0.147. The van der Waals surface area contributed by atoms with Gasteiger partial charge in [0.05, 0.1) is 13.2 Å². The highest BCUT2D eigenvalue weighted by Crippen LogP contribution is 2.26. The van der Waals surface area contributed by atoms with E-state index in [4.69, 9.17) is 9.47 Å². The summed E-state index contributed by atoms with van der Waals surface area (Å²) in [7, 11) is 0. The minimum Gasteiger partial charge on any atom is -0.493 e. The summed E-state index contributed by atoms with van der Waals surface area (Å²) in [5, 5.41) is 12.0. The molecule has 1 aromatic carbocycles. The van der Waals surface area contributed by atoms with Crippen molar-refractivity contribution in [3.8, 4) is 11.5 Å². The third kappa shape index (κ3) is 4.74. The first-order valence-electron chi connectivity index (χ1n) is 6.93. The van der Waals surface area contributed by atoms with E-state index in [2.05, 4.69) is 5.32 Å². The van der Waals surface area contributed by atoms with Gasteiger partial charge in [-0.25, -0.2) is 0 Å². The zero-order valence-electron chi connectivity index (χ0n) is 12.3. The molecule has 0 aliphatic carbocycles. The number of amides is 1. The van der Waals surface area contributed by atoms with Crippen LogP contribution in [0.2, 0.25) is 0 Å². The molecule has 5 heteroatoms. The van der Waals surface area contributed by atoms with Gasteiger partial charge in [0.15, 0.2) is 6.10 Å². The van der Waals surface area contributed by atoms with Gasteiger partial charge in [-0.1, -0.05) is 6.92 Å². The van der Waals surface area contributed by atoms with Crippen LogP contribution in [0.25, 0.3) is 0 Å². The van der Waals surface area contributed by atoms with Gasteiger partial charge in [-0.15, -0.1) is 0 Å². The fourth-order valence-electron chi connectivity index (χ4n) is 1.65. The first-order valence-corrected chi connectivity index (χ1v) is 6.93. The summed E-state index contributed by atoms with van der Waals surface area (Å²) in [4.78, 5) is 11.7. The van der Waals surface area contributed by atoms with E-state index in [1.54, 1.807) is 25.1 Å². The molecule has 0 bridgehead atoms. The van der Waals surface area contributed by atoms with Gasteiger partial charge in [-0.3, -0.25) is 4.79 Å². The third-order valence-corrected chi connectivity index (χ3v) is 2.71. The standard InChI is InChI=1S/C15H23NO4/c1-4-8-19-13-7-6-12(10-17)14(9-13)20-11(3)15(18)16-5-2/h6-7,9,11,17H,4-5,8,10H2,1-3H3,(H,16,18). The van der Waals surface area contributed by atoms with E-state index >= 15 is 0 Å². The van der Waals surface area contributed by atoms with Crippen molar-refractivity contribution in [2.24, 2.45) is 0 Å². The molecule has 5 nitrogen and oxygen atoms in total. The van der Waals surface area contributed by atoms with Gasteiger partial charge in [0.1, 0.15) is 11.5 Å². The van der Waals surface area contributed by atoms with E-state index in [0.29, 0.717) is 30.2 Å². The van der Waals surface area contributed by atoms with E-state index in [9.17, 15) is 9.90 Å². The Morgan fingerprint density at radius 3 is 2.75 bits per heavy atom. The fourth-order valence-corrected chi connectivity index (χ4v) is 1.65. The van der Waals surface area contributed by atoms with Crippen molar-refractivity contribution in [2.75, 3.05) is 13.2 Å². The highest BCUT2D eigenvalue weighted by atomic mass is 16.5. The molecule has 1 aromatic rings. The average Bonchev–Trinajstić information content (AvgIpc) is 2.45. The zero-order valence-corrected chi connectivity index (χ0v) is 12.3. The summed E-state index contributed by atoms with van der Waals surface area (Å²) in [5.74, 6) is 0.957. The largest absolute Gasteiger partial charge is 0.493 e. The second kappa shape index (κ2) is 8.43. The molecule has 1 amide bonds. The molecule has 0 aromatic heterocycles. The van der Waals surface area contributed by atoms with Crippen molar-refractivity contribution in [1.29, 1.82) is 0 Å². The maximum Gasteiger partial charge on any atom is 0.260 e. The van der Waals surface area contributed by atoms with Gasteiger partial charge >= 0.3 is 0 Å². The molecule has 112 valence electrons. The summed E-state index contributed by atoms with van der Waals surface area (Å²) in [5.41, 5.74) is 0.630. The number of hydrogen-bond acceptors (Lipinski definition) is 4. The first-order chi connectivity index (χ1) is 9.62. The predicted molar refractivity (Wildman–Crippen MR) is 76.9 cm³/mol. The number of carbonyl (C=O) groups is 1. The predicted octanol–water partition coefficient (Wildman–Crippen LogP) is 1.87. The molecule has 0 heterocycles. The Kier molecular flexibility index (Phi) is 6.87. The number of aliphatic hydroxyl groups is 1. The monoisotopic (exact) mass is 281 g/mol. The number of benzene rings is 1. The average molecular weight is 281 g/mol. The normalized spacial score (nSPS) is 11.8. The number of carbonyl (C=O) groups excluding carboxylic acids is 1. The van der Waals surface area contributed by atoms with Gasteiger partial charge < -0.3 is 19.9 Å². The topological polar surface area (TPSA) is 67.8 Å². The van der Waals surface area contributed by atoms with Crippen LogP contribution < -0.4 is 14.8 Å². The van der Waals surface area contributed by atoms with Gasteiger partial charge in [-0.2, -0.15) is 0 Å². The molecule has 2 N–H and O–H groups in total. The smallest absolute Gasteiger partial charge is 0.260 e. The van der Waals surface area contributed by atoms with Crippen molar-refractivity contribution in [3.63, 3.8) is 0 Å². The molecule has 0 aliphatic rings. The Labute approximate surface area is 119 Å². The van der Waals surface area contributed by atoms with Crippen LogP contribution in [0.1, 0.15) is 32.8 Å². The van der Waals surface area contributed by atoms with Crippen molar-refractivity contribution < 1.29 is 19.4 Å². The molecule has 0 spiro atoms. The maximum atomic E-state index is 11.7. The SMILES string of the molecule is CCCOc1ccc(CO)c(OC(C)C(=O)NCC)c1. The molecule has 20 heavy (non-hydrogen) atoms. The van der Waals surface area contributed by atoms with Crippen LogP contribution in [0.3, 0.4) is 0 Å². The molecular formula is C15H23NO4. The summed E-state index contributed by atoms with van der Waals surface area (Å²) in [6, 6.07) is 5.23. The quantitative estimate of drug-likeness (QED) is 0.763. The molecule has 1 atom stereocenters. The first kappa shape index (κ1) is 16.3. The van der Waals surface area contributed by atoms with Crippen molar-refractivity contribution in [2.45, 2.75) is 39.9 Å². The van der Waals surface area contributed by atoms with E-state index < -0.39 is 6.10 Å². The summed E-state index contributed by atoms with van der Waals surface area (Å²) in [6.07, 6.45) is 0.287. The lowest BCUT2D eigenvalue weighted by Crippen LogP contribution is -2.36. The molecule has 0 saturated heterocycles. The molecule has 0 aliphatic heterocycles. The Bertz CT molecular complexity index is 434. The second-order valence-electron chi connectivity index (χ2n) is 4.43. The van der Waals surface area contributed by atoms with E-state index in [0.717, 1.165) is 6.42 Å². The van der Waals surface area contributed by atoms with Gasteiger partial charge in [-0.05, 0) is 32.4 Å². The van der Waals surface area contributed by atoms with E-state index in [-0.39, 0.29) is 12.5 Å². The molecule has 0 fully saturated rings. The lowest BCUT2D eigenvalue weighted by Gasteiger charge is -2.17. The number of aliphatic hydroxyl groups excluding tert-OH is 1. The fraction of sp³-hybridized carbons (Fsp3) is 0.533. The minimum atomic E-state index is -0.623. The van der Waals surface area contributed by atoms with Crippen LogP contribution in [0, 0.1) is 0 Å². The summed E-state index contributed by atoms with van der Waals surface area (Å²) < 4.78 is 11.1. The zero-order chi connectivity index (χ0) is 15.0. The van der Waals surface area contributed by atoms with Crippen molar-refractivity contribution in [3.05, 3.63) is 23.8 Å². The summed E-state index contributed by atoms with van der Waals surface area (Å²) in [6.45, 7) is 6.57. The Hall–Kier alpha value is -1.75. The van der Waals surface area contributed by atoms with Crippen LogP contribution >= 0.6 is 0 Å². The van der Waals surface area contributed by atoms with Crippen LogP contribution in [0.5, 0.6) is 11.5 Å². The maximum absolute atomic E-state index is 11.7. The van der Waals surface area contributed by atoms with Gasteiger partial charge in [0.25, 0.3) is 5.91 Å². The summed E-state index contributed by atoms with van der Waals surface area (Å²) >= 11 is 0. The van der Waals surface area contributed by atoms with Crippen LogP contribution in [-0.2, 0) is 11.4 Å². The second-order valence-corrected chi connectivity index (χ2v) is 4.43. The van der Waals surface area contributed by atoms with Gasteiger partial charge in [0, 0.05) is 18.2 Å². The highest BCUT2D eigenvalue weighted by Gasteiger charge is 2.16. The van der Waals surface area contributed by atoms with Gasteiger partial charge in [0.2, 0.25) is 0 Å². The number of hydrogen-bond donors (Lipinski definition) is 2. The molecule has 1 unspecified atom stereocenters. The Morgan fingerprint density at radius 2 is 2.15 bits per heavy atom. The van der Waals surface area contributed by atoms with Crippen LogP contribution in [0.4, 0.5) is 0 Å². The van der Waals surface area contributed by atoms with E-state index in [1.165, 1.54) is 0 Å².